The molecule has 56 valence electrons. The lowest BCUT2D eigenvalue weighted by atomic mass is 10.1. The highest BCUT2D eigenvalue weighted by Crippen LogP contribution is 2.40. The smallest absolute Gasteiger partial charge is 0.306 e. The zero-order valence-electron chi connectivity index (χ0n) is 5.55. The van der Waals surface area contributed by atoms with Crippen LogP contribution in [0.2, 0.25) is 0 Å². The summed E-state index contributed by atoms with van der Waals surface area (Å²) in [5.74, 6) is 0.561. The van der Waals surface area contributed by atoms with E-state index in [-0.39, 0.29) is 12.1 Å². The molecule has 1 saturated carbocycles. The fourth-order valence-electron chi connectivity index (χ4n) is 1.80. The maximum Gasteiger partial charge on any atom is 0.306 e. The number of carbonyl (C=O) groups is 1. The second-order valence-electron chi connectivity index (χ2n) is 3.01. The van der Waals surface area contributed by atoms with Crippen molar-refractivity contribution in [2.45, 2.75) is 29.3 Å². The van der Waals surface area contributed by atoms with Gasteiger partial charge in [0.1, 0.15) is 6.10 Å². The SMILES string of the molecule is O=C1C[C@@H]2CCC(I)[C@@H]2O1. The first-order valence-corrected chi connectivity index (χ1v) is 4.85. The molecule has 2 nitrogen and oxygen atoms in total. The fourth-order valence-corrected chi connectivity index (χ4v) is 2.89. The van der Waals surface area contributed by atoms with Crippen LogP contribution in [0.25, 0.3) is 0 Å². The molecule has 0 aromatic heterocycles. The van der Waals surface area contributed by atoms with Gasteiger partial charge in [-0.05, 0) is 12.8 Å². The summed E-state index contributed by atoms with van der Waals surface area (Å²) < 4.78 is 5.73. The van der Waals surface area contributed by atoms with Gasteiger partial charge in [-0.1, -0.05) is 22.6 Å². The zero-order chi connectivity index (χ0) is 7.14. The topological polar surface area (TPSA) is 26.3 Å². The zero-order valence-corrected chi connectivity index (χ0v) is 7.71. The highest BCUT2D eigenvalue weighted by Gasteiger charge is 2.43. The van der Waals surface area contributed by atoms with Crippen LogP contribution in [0, 0.1) is 5.92 Å². The van der Waals surface area contributed by atoms with E-state index in [1.165, 1.54) is 12.8 Å². The molecule has 0 amide bonds. The Morgan fingerprint density at radius 3 is 3.00 bits per heavy atom. The van der Waals surface area contributed by atoms with Crippen LogP contribution in [-0.4, -0.2) is 16.0 Å². The Labute approximate surface area is 73.5 Å². The summed E-state index contributed by atoms with van der Waals surface area (Å²) >= 11 is 2.38. The third-order valence-corrected chi connectivity index (χ3v) is 3.66. The number of carbonyl (C=O) groups excluding carboxylic acids is 1. The summed E-state index contributed by atoms with van der Waals surface area (Å²) in [4.78, 5) is 10.8. The highest BCUT2D eigenvalue weighted by atomic mass is 127. The molecule has 0 spiro atoms. The second kappa shape index (κ2) is 2.36. The summed E-state index contributed by atoms with van der Waals surface area (Å²) in [5, 5.41) is 0. The maximum atomic E-state index is 10.8. The monoisotopic (exact) mass is 252 g/mol. The molecule has 1 aliphatic heterocycles. The molecule has 2 fully saturated rings. The van der Waals surface area contributed by atoms with E-state index < -0.39 is 0 Å². The number of esters is 1. The number of hydrogen-bond donors (Lipinski definition) is 0. The number of hydrogen-bond acceptors (Lipinski definition) is 2. The van der Waals surface area contributed by atoms with Gasteiger partial charge >= 0.3 is 5.97 Å². The van der Waals surface area contributed by atoms with Gasteiger partial charge in [-0.3, -0.25) is 4.79 Å². The van der Waals surface area contributed by atoms with Crippen LogP contribution in [-0.2, 0) is 9.53 Å². The Hall–Kier alpha value is 0.200. The molecule has 10 heavy (non-hydrogen) atoms. The van der Waals surface area contributed by atoms with Gasteiger partial charge in [-0.2, -0.15) is 0 Å². The quantitative estimate of drug-likeness (QED) is 0.371. The van der Waals surface area contributed by atoms with Crippen LogP contribution in [0.1, 0.15) is 19.3 Å². The lowest BCUT2D eigenvalue weighted by molar-refractivity contribution is -0.141. The number of rotatable bonds is 0. The van der Waals surface area contributed by atoms with Crippen molar-refractivity contribution in [1.29, 1.82) is 0 Å². The number of alkyl halides is 1. The van der Waals surface area contributed by atoms with Crippen LogP contribution in [0.15, 0.2) is 0 Å². The van der Waals surface area contributed by atoms with Crippen molar-refractivity contribution in [3.8, 4) is 0 Å². The van der Waals surface area contributed by atoms with Crippen molar-refractivity contribution in [3.05, 3.63) is 0 Å². The molecule has 1 unspecified atom stereocenters. The molecule has 0 radical (unpaired) electrons. The van der Waals surface area contributed by atoms with Crippen LogP contribution in [0.3, 0.4) is 0 Å². The predicted octanol–water partition coefficient (Wildman–Crippen LogP) is 1.52. The first-order chi connectivity index (χ1) is 4.77. The minimum absolute atomic E-state index is 0.0105. The van der Waals surface area contributed by atoms with Crippen LogP contribution < -0.4 is 0 Å². The van der Waals surface area contributed by atoms with E-state index in [1.54, 1.807) is 0 Å². The van der Waals surface area contributed by atoms with E-state index in [2.05, 4.69) is 22.6 Å². The van der Waals surface area contributed by atoms with Crippen molar-refractivity contribution in [3.63, 3.8) is 0 Å². The van der Waals surface area contributed by atoms with Gasteiger partial charge in [0.05, 0.1) is 6.42 Å². The number of fused-ring (bicyclic) bond motifs is 1. The summed E-state index contributed by atoms with van der Waals surface area (Å²) in [6.07, 6.45) is 3.34. The van der Waals surface area contributed by atoms with Crippen molar-refractivity contribution >= 4 is 28.6 Å². The second-order valence-corrected chi connectivity index (χ2v) is 4.61. The van der Waals surface area contributed by atoms with E-state index in [0.717, 1.165) is 0 Å². The average molecular weight is 252 g/mol. The molecule has 0 bridgehead atoms. The normalized spacial score (nSPS) is 45.3. The van der Waals surface area contributed by atoms with E-state index in [9.17, 15) is 4.79 Å². The molecule has 3 heteroatoms. The third kappa shape index (κ3) is 0.946. The number of ether oxygens (including phenoxy) is 1. The average Bonchev–Trinajstić information content (AvgIpc) is 2.35. The Bertz CT molecular complexity index is 169. The standard InChI is InChI=1S/C7H9IO2/c8-5-2-1-4-3-6(9)10-7(4)5/h4-5,7H,1-3H2/t4-,5?,7+/m0/s1. The Kier molecular flexibility index (Phi) is 1.62. The van der Waals surface area contributed by atoms with E-state index in [4.69, 9.17) is 4.74 Å². The molecule has 0 aromatic carbocycles. The first kappa shape index (κ1) is 6.88. The molecule has 2 rings (SSSR count). The molecular weight excluding hydrogens is 243 g/mol. The molecule has 1 aliphatic carbocycles. The van der Waals surface area contributed by atoms with Gasteiger partial charge in [0.15, 0.2) is 0 Å². The summed E-state index contributed by atoms with van der Waals surface area (Å²) in [6, 6.07) is 0. The van der Waals surface area contributed by atoms with Crippen LogP contribution in [0.4, 0.5) is 0 Å². The van der Waals surface area contributed by atoms with Crippen molar-refractivity contribution in [2.24, 2.45) is 5.92 Å². The molecule has 3 atom stereocenters. The van der Waals surface area contributed by atoms with Gasteiger partial charge in [0, 0.05) is 9.84 Å². The molecular formula is C7H9IO2. The van der Waals surface area contributed by atoms with Gasteiger partial charge in [-0.15, -0.1) is 0 Å². The summed E-state index contributed by atoms with van der Waals surface area (Å²) in [6.45, 7) is 0. The van der Waals surface area contributed by atoms with E-state index >= 15 is 0 Å². The van der Waals surface area contributed by atoms with Crippen molar-refractivity contribution < 1.29 is 9.53 Å². The molecule has 2 aliphatic rings. The third-order valence-electron chi connectivity index (χ3n) is 2.33. The Morgan fingerprint density at radius 2 is 2.30 bits per heavy atom. The van der Waals surface area contributed by atoms with Crippen molar-refractivity contribution in [1.82, 2.24) is 0 Å². The first-order valence-electron chi connectivity index (χ1n) is 3.61. The van der Waals surface area contributed by atoms with Gasteiger partial charge in [-0.25, -0.2) is 0 Å². The Balaban J connectivity index is 2.12. The molecule has 1 heterocycles. The lowest BCUT2D eigenvalue weighted by Gasteiger charge is -2.09. The summed E-state index contributed by atoms with van der Waals surface area (Å²) in [5.41, 5.74) is 0. The van der Waals surface area contributed by atoms with Crippen LogP contribution in [0.5, 0.6) is 0 Å². The highest BCUT2D eigenvalue weighted by molar-refractivity contribution is 14.1. The number of halogens is 1. The molecule has 0 N–H and O–H groups in total. The lowest BCUT2D eigenvalue weighted by Crippen LogP contribution is -2.17. The van der Waals surface area contributed by atoms with Crippen molar-refractivity contribution in [2.75, 3.05) is 0 Å². The minimum atomic E-state index is 0.0105. The largest absolute Gasteiger partial charge is 0.461 e. The van der Waals surface area contributed by atoms with Gasteiger partial charge in [0.2, 0.25) is 0 Å². The molecule has 1 saturated heterocycles. The maximum absolute atomic E-state index is 10.8. The minimum Gasteiger partial charge on any atom is -0.461 e. The summed E-state index contributed by atoms with van der Waals surface area (Å²) in [7, 11) is 0. The van der Waals surface area contributed by atoms with Gasteiger partial charge < -0.3 is 4.74 Å². The van der Waals surface area contributed by atoms with E-state index in [1.807, 2.05) is 0 Å². The molecule has 0 aromatic rings. The predicted molar refractivity (Wildman–Crippen MR) is 45.0 cm³/mol. The fraction of sp³-hybridized carbons (Fsp3) is 0.857. The Morgan fingerprint density at radius 1 is 1.50 bits per heavy atom. The van der Waals surface area contributed by atoms with Crippen LogP contribution >= 0.6 is 22.6 Å². The van der Waals surface area contributed by atoms with E-state index in [0.29, 0.717) is 16.3 Å². The van der Waals surface area contributed by atoms with Gasteiger partial charge in [0.25, 0.3) is 0 Å².